The molecule has 1 fully saturated rings. The zero-order chi connectivity index (χ0) is 17.9. The van der Waals surface area contributed by atoms with Crippen LogP contribution in [-0.4, -0.2) is 29.8 Å². The number of alkyl halides is 3. The molecule has 0 spiro atoms. The van der Waals surface area contributed by atoms with E-state index in [1.54, 1.807) is 0 Å². The average Bonchev–Trinajstić information content (AvgIpc) is 3.01. The molecule has 0 amide bonds. The highest BCUT2D eigenvalue weighted by Crippen LogP contribution is 2.37. The SMILES string of the molecule is O=c1[nH]nc(-c2ccc(C(F)(F)F)c(NCCC3CCCNC3)c2)o1. The van der Waals surface area contributed by atoms with Crippen LogP contribution in [0.2, 0.25) is 0 Å². The van der Waals surface area contributed by atoms with Crippen LogP contribution in [0.25, 0.3) is 11.5 Å². The van der Waals surface area contributed by atoms with E-state index < -0.39 is 17.5 Å². The van der Waals surface area contributed by atoms with E-state index in [1.807, 2.05) is 0 Å². The van der Waals surface area contributed by atoms with Crippen LogP contribution in [0.4, 0.5) is 18.9 Å². The van der Waals surface area contributed by atoms with Crippen LogP contribution in [0, 0.1) is 5.92 Å². The first-order valence-corrected chi connectivity index (χ1v) is 8.15. The van der Waals surface area contributed by atoms with Crippen molar-refractivity contribution in [3.63, 3.8) is 0 Å². The van der Waals surface area contributed by atoms with Crippen molar-refractivity contribution in [2.75, 3.05) is 25.0 Å². The molecule has 136 valence electrons. The normalized spacial score (nSPS) is 18.3. The van der Waals surface area contributed by atoms with Gasteiger partial charge in [0.25, 0.3) is 0 Å². The van der Waals surface area contributed by atoms with E-state index in [0.29, 0.717) is 18.0 Å². The van der Waals surface area contributed by atoms with Crippen molar-refractivity contribution in [3.8, 4) is 11.5 Å². The van der Waals surface area contributed by atoms with Gasteiger partial charge in [-0.15, -0.1) is 5.10 Å². The third-order valence-electron chi connectivity index (χ3n) is 4.28. The van der Waals surface area contributed by atoms with Gasteiger partial charge in [0.1, 0.15) is 0 Å². The minimum Gasteiger partial charge on any atom is -0.388 e. The highest BCUT2D eigenvalue weighted by molar-refractivity contribution is 5.65. The van der Waals surface area contributed by atoms with Crippen LogP contribution in [-0.2, 0) is 6.18 Å². The Morgan fingerprint density at radius 3 is 2.84 bits per heavy atom. The van der Waals surface area contributed by atoms with Crippen LogP contribution < -0.4 is 16.4 Å². The Morgan fingerprint density at radius 1 is 1.36 bits per heavy atom. The molecule has 0 aliphatic carbocycles. The van der Waals surface area contributed by atoms with Crippen molar-refractivity contribution in [2.45, 2.75) is 25.4 Å². The molecule has 3 rings (SSSR count). The van der Waals surface area contributed by atoms with Gasteiger partial charge in [0.2, 0.25) is 5.89 Å². The number of anilines is 1. The summed E-state index contributed by atoms with van der Waals surface area (Å²) in [6.07, 6.45) is -1.52. The molecular formula is C16H19F3N4O2. The molecule has 6 nitrogen and oxygen atoms in total. The van der Waals surface area contributed by atoms with E-state index in [0.717, 1.165) is 38.4 Å². The predicted octanol–water partition coefficient (Wildman–Crippen LogP) is 2.85. The largest absolute Gasteiger partial charge is 0.434 e. The smallest absolute Gasteiger partial charge is 0.388 e. The fraction of sp³-hybridized carbons (Fsp3) is 0.500. The molecule has 1 saturated heterocycles. The van der Waals surface area contributed by atoms with Crippen LogP contribution in [0.15, 0.2) is 27.4 Å². The molecule has 9 heteroatoms. The molecule has 3 N–H and O–H groups in total. The van der Waals surface area contributed by atoms with Crippen molar-refractivity contribution in [3.05, 3.63) is 34.3 Å². The van der Waals surface area contributed by atoms with Gasteiger partial charge in [-0.1, -0.05) is 0 Å². The summed E-state index contributed by atoms with van der Waals surface area (Å²) in [6, 6.07) is 3.51. The van der Waals surface area contributed by atoms with Gasteiger partial charge in [-0.2, -0.15) is 13.2 Å². The van der Waals surface area contributed by atoms with Crippen molar-refractivity contribution < 1.29 is 17.6 Å². The number of nitrogens with one attached hydrogen (secondary N) is 3. The lowest BCUT2D eigenvalue weighted by molar-refractivity contribution is -0.136. The fourth-order valence-electron chi connectivity index (χ4n) is 3.01. The van der Waals surface area contributed by atoms with E-state index in [-0.39, 0.29) is 11.6 Å². The fourth-order valence-corrected chi connectivity index (χ4v) is 3.01. The zero-order valence-corrected chi connectivity index (χ0v) is 13.4. The first-order valence-electron chi connectivity index (χ1n) is 8.15. The van der Waals surface area contributed by atoms with Crippen LogP contribution in [0.3, 0.4) is 0 Å². The molecule has 1 aliphatic rings. The average molecular weight is 356 g/mol. The van der Waals surface area contributed by atoms with Gasteiger partial charge < -0.3 is 15.1 Å². The molecule has 1 atom stereocenters. The number of aromatic amines is 1. The molecule has 25 heavy (non-hydrogen) atoms. The molecule has 1 aromatic heterocycles. The lowest BCUT2D eigenvalue weighted by Gasteiger charge is -2.23. The monoisotopic (exact) mass is 356 g/mol. The maximum absolute atomic E-state index is 13.2. The van der Waals surface area contributed by atoms with Crippen molar-refractivity contribution >= 4 is 5.69 Å². The summed E-state index contributed by atoms with van der Waals surface area (Å²) in [5.41, 5.74) is -0.497. The number of H-pyrrole nitrogens is 1. The van der Waals surface area contributed by atoms with Crippen LogP contribution >= 0.6 is 0 Å². The Labute approximate surface area is 141 Å². The predicted molar refractivity (Wildman–Crippen MR) is 86.3 cm³/mol. The summed E-state index contributed by atoms with van der Waals surface area (Å²) in [5.74, 6) is -0.337. The van der Waals surface area contributed by atoms with Crippen molar-refractivity contribution in [1.29, 1.82) is 0 Å². The van der Waals surface area contributed by atoms with Gasteiger partial charge in [0.05, 0.1) is 5.56 Å². The highest BCUT2D eigenvalue weighted by atomic mass is 19.4. The molecule has 1 unspecified atom stereocenters. The van der Waals surface area contributed by atoms with Crippen molar-refractivity contribution in [1.82, 2.24) is 15.5 Å². The standard InChI is InChI=1S/C16H19F3N4O2/c17-16(18,19)12-4-3-11(14-22-23-15(24)25-14)8-13(12)21-7-5-10-2-1-6-20-9-10/h3-4,8,10,20-21H,1-2,5-7,9H2,(H,23,24). The van der Waals surface area contributed by atoms with Gasteiger partial charge in [-0.05, 0) is 56.5 Å². The van der Waals surface area contributed by atoms with E-state index in [1.165, 1.54) is 12.1 Å². The summed E-state index contributed by atoms with van der Waals surface area (Å²) in [7, 11) is 0. The summed E-state index contributed by atoms with van der Waals surface area (Å²) in [6.45, 7) is 2.33. The summed E-state index contributed by atoms with van der Waals surface area (Å²) in [4.78, 5) is 11.0. The Hall–Kier alpha value is -2.29. The number of rotatable bonds is 5. The maximum Gasteiger partial charge on any atom is 0.434 e. The van der Waals surface area contributed by atoms with E-state index in [9.17, 15) is 18.0 Å². The summed E-state index contributed by atoms with van der Waals surface area (Å²) < 4.78 is 44.5. The Balaban J connectivity index is 1.77. The molecule has 2 heterocycles. The second kappa shape index (κ2) is 7.30. The minimum absolute atomic E-state index is 0.0422. The third kappa shape index (κ3) is 4.41. The van der Waals surface area contributed by atoms with Crippen LogP contribution in [0.5, 0.6) is 0 Å². The number of piperidine rings is 1. The Kier molecular flexibility index (Phi) is 5.12. The Morgan fingerprint density at radius 2 is 2.20 bits per heavy atom. The lowest BCUT2D eigenvalue weighted by Crippen LogP contribution is -2.30. The lowest BCUT2D eigenvalue weighted by atomic mass is 9.96. The number of nitrogens with zero attached hydrogens (tertiary/aromatic N) is 1. The second-order valence-corrected chi connectivity index (χ2v) is 6.10. The number of benzene rings is 1. The molecule has 1 aromatic carbocycles. The summed E-state index contributed by atoms with van der Waals surface area (Å²) in [5, 5.41) is 11.9. The van der Waals surface area contributed by atoms with Gasteiger partial charge in [0.15, 0.2) is 0 Å². The second-order valence-electron chi connectivity index (χ2n) is 6.10. The first kappa shape index (κ1) is 17.5. The van der Waals surface area contributed by atoms with Crippen LogP contribution in [0.1, 0.15) is 24.8 Å². The zero-order valence-electron chi connectivity index (χ0n) is 13.4. The maximum atomic E-state index is 13.2. The molecular weight excluding hydrogens is 337 g/mol. The number of hydrogen-bond acceptors (Lipinski definition) is 5. The van der Waals surface area contributed by atoms with E-state index in [4.69, 9.17) is 4.42 Å². The van der Waals surface area contributed by atoms with Crippen molar-refractivity contribution in [2.24, 2.45) is 5.92 Å². The van der Waals surface area contributed by atoms with Gasteiger partial charge in [-0.3, -0.25) is 0 Å². The van der Waals surface area contributed by atoms with Gasteiger partial charge >= 0.3 is 11.9 Å². The molecule has 2 aromatic rings. The van der Waals surface area contributed by atoms with Gasteiger partial charge in [-0.25, -0.2) is 9.89 Å². The number of hydrogen-bond donors (Lipinski definition) is 3. The van der Waals surface area contributed by atoms with Gasteiger partial charge in [0, 0.05) is 17.8 Å². The number of aromatic nitrogens is 2. The molecule has 0 radical (unpaired) electrons. The van der Waals surface area contributed by atoms with E-state index in [2.05, 4.69) is 20.8 Å². The highest BCUT2D eigenvalue weighted by Gasteiger charge is 2.33. The topological polar surface area (TPSA) is 83.0 Å². The molecule has 0 bridgehead atoms. The third-order valence-corrected chi connectivity index (χ3v) is 4.28. The Bertz CT molecular complexity index is 763. The quantitative estimate of drug-likeness (QED) is 0.767. The first-order chi connectivity index (χ1) is 11.9. The minimum atomic E-state index is -4.47. The molecule has 1 aliphatic heterocycles. The number of halogens is 3. The molecule has 0 saturated carbocycles. The summed E-state index contributed by atoms with van der Waals surface area (Å²) >= 11 is 0. The van der Waals surface area contributed by atoms with E-state index >= 15 is 0 Å².